The highest BCUT2D eigenvalue weighted by molar-refractivity contribution is 14.0. The Labute approximate surface area is 184 Å². The lowest BCUT2D eigenvalue weighted by Gasteiger charge is -2.15. The number of hydrogen-bond donors (Lipinski definition) is 2. The first kappa shape index (κ1) is 24.7. The minimum Gasteiger partial charge on any atom is -0.493 e. The average Bonchev–Trinajstić information content (AvgIpc) is 2.65. The number of anilines is 1. The van der Waals surface area contributed by atoms with E-state index in [4.69, 9.17) is 15.2 Å². The molecule has 0 radical (unpaired) electrons. The number of nitrogens with one attached hydrogen (secondary N) is 1. The number of para-hydroxylation sites is 4. The van der Waals surface area contributed by atoms with E-state index in [9.17, 15) is 13.2 Å². The van der Waals surface area contributed by atoms with Crippen LogP contribution in [0, 0.1) is 5.92 Å². The zero-order valence-electron chi connectivity index (χ0n) is 15.9. The largest absolute Gasteiger partial charge is 0.573 e. The summed E-state index contributed by atoms with van der Waals surface area (Å²) in [5.41, 5.74) is 5.85. The van der Waals surface area contributed by atoms with Crippen LogP contribution in [-0.2, 0) is 0 Å². The summed E-state index contributed by atoms with van der Waals surface area (Å²) in [6.07, 6.45) is -4.80. The molecule has 1 unspecified atom stereocenters. The number of nitrogens with two attached hydrogens (primary N) is 1. The van der Waals surface area contributed by atoms with Crippen LogP contribution in [0.1, 0.15) is 6.92 Å². The lowest BCUT2D eigenvalue weighted by Crippen LogP contribution is -2.25. The molecule has 2 rings (SSSR count). The third-order valence-electron chi connectivity index (χ3n) is 3.54. The van der Waals surface area contributed by atoms with Gasteiger partial charge in [0.25, 0.3) is 0 Å². The Morgan fingerprint density at radius 3 is 2.28 bits per heavy atom. The van der Waals surface area contributed by atoms with Gasteiger partial charge in [-0.3, -0.25) is 4.99 Å². The lowest BCUT2D eigenvalue weighted by molar-refractivity contribution is -0.274. The molecule has 6 nitrogen and oxygen atoms in total. The summed E-state index contributed by atoms with van der Waals surface area (Å²) in [4.78, 5) is 4.15. The molecule has 160 valence electrons. The smallest absolute Gasteiger partial charge is 0.493 e. The van der Waals surface area contributed by atoms with Crippen molar-refractivity contribution in [2.45, 2.75) is 13.3 Å². The molecule has 0 heterocycles. The fourth-order valence-electron chi connectivity index (χ4n) is 2.24. The van der Waals surface area contributed by atoms with Crippen molar-refractivity contribution in [3.63, 3.8) is 0 Å². The van der Waals surface area contributed by atoms with Gasteiger partial charge >= 0.3 is 6.36 Å². The van der Waals surface area contributed by atoms with E-state index >= 15 is 0 Å². The van der Waals surface area contributed by atoms with Gasteiger partial charge in [0, 0.05) is 12.5 Å². The molecule has 0 aliphatic heterocycles. The second kappa shape index (κ2) is 11.6. The highest BCUT2D eigenvalue weighted by Crippen LogP contribution is 2.30. The minimum atomic E-state index is -4.80. The number of nitrogens with zero attached hydrogens (tertiary/aromatic N) is 1. The average molecular weight is 525 g/mol. The van der Waals surface area contributed by atoms with Crippen molar-refractivity contribution in [2.24, 2.45) is 16.6 Å². The minimum absolute atomic E-state index is 0. The quantitative estimate of drug-likeness (QED) is 0.298. The van der Waals surface area contributed by atoms with E-state index in [0.717, 1.165) is 0 Å². The number of hydrogen-bond acceptors (Lipinski definition) is 4. The highest BCUT2D eigenvalue weighted by atomic mass is 127. The van der Waals surface area contributed by atoms with E-state index in [0.29, 0.717) is 24.7 Å². The van der Waals surface area contributed by atoms with E-state index in [1.807, 2.05) is 19.1 Å². The van der Waals surface area contributed by atoms with Crippen LogP contribution in [0.4, 0.5) is 18.9 Å². The molecule has 0 aliphatic carbocycles. The Hall–Kier alpha value is -2.37. The van der Waals surface area contributed by atoms with Crippen molar-refractivity contribution in [3.05, 3.63) is 48.5 Å². The maximum Gasteiger partial charge on any atom is 0.573 e. The van der Waals surface area contributed by atoms with Crippen LogP contribution in [0.2, 0.25) is 0 Å². The van der Waals surface area contributed by atoms with Crippen LogP contribution < -0.4 is 25.3 Å². The molecular weight excluding hydrogens is 502 g/mol. The Morgan fingerprint density at radius 1 is 1.07 bits per heavy atom. The molecule has 2 aromatic carbocycles. The predicted octanol–water partition coefficient (Wildman–Crippen LogP) is 4.65. The summed E-state index contributed by atoms with van der Waals surface area (Å²) in [5, 5.41) is 2.62. The number of guanidine groups is 1. The van der Waals surface area contributed by atoms with Gasteiger partial charge in [-0.05, 0) is 24.3 Å². The van der Waals surface area contributed by atoms with Crippen molar-refractivity contribution in [1.29, 1.82) is 0 Å². The number of rotatable bonds is 8. The van der Waals surface area contributed by atoms with E-state index in [2.05, 4.69) is 15.0 Å². The van der Waals surface area contributed by atoms with Crippen LogP contribution in [-0.4, -0.2) is 32.6 Å². The van der Waals surface area contributed by atoms with Gasteiger partial charge in [-0.15, -0.1) is 37.1 Å². The van der Waals surface area contributed by atoms with Gasteiger partial charge in [0.05, 0.1) is 19.4 Å². The highest BCUT2D eigenvalue weighted by Gasteiger charge is 2.32. The first-order valence-electron chi connectivity index (χ1n) is 8.46. The number of aliphatic imine (C=N–C) groups is 1. The number of methoxy groups -OCH3 is 1. The van der Waals surface area contributed by atoms with E-state index in [1.165, 1.54) is 18.2 Å². The molecule has 0 aliphatic rings. The summed E-state index contributed by atoms with van der Waals surface area (Å²) in [6, 6.07) is 12.8. The molecule has 29 heavy (non-hydrogen) atoms. The predicted molar refractivity (Wildman–Crippen MR) is 116 cm³/mol. The number of ether oxygens (including phenoxy) is 3. The van der Waals surface area contributed by atoms with Gasteiger partial charge in [-0.25, -0.2) is 0 Å². The molecule has 2 aromatic rings. The molecule has 0 saturated carbocycles. The molecule has 0 saturated heterocycles. The van der Waals surface area contributed by atoms with Gasteiger partial charge in [0.2, 0.25) is 0 Å². The van der Waals surface area contributed by atoms with E-state index in [1.54, 1.807) is 25.3 Å². The Kier molecular flexibility index (Phi) is 9.86. The maximum absolute atomic E-state index is 12.5. The summed E-state index contributed by atoms with van der Waals surface area (Å²) in [7, 11) is 1.56. The van der Waals surface area contributed by atoms with E-state index < -0.39 is 6.36 Å². The lowest BCUT2D eigenvalue weighted by atomic mass is 10.2. The van der Waals surface area contributed by atoms with E-state index in [-0.39, 0.29) is 47.3 Å². The Morgan fingerprint density at radius 2 is 1.66 bits per heavy atom. The molecule has 0 spiro atoms. The molecule has 0 amide bonds. The van der Waals surface area contributed by atoms with Crippen molar-refractivity contribution in [3.8, 4) is 17.2 Å². The topological polar surface area (TPSA) is 78.1 Å². The maximum atomic E-state index is 12.5. The fourth-order valence-corrected chi connectivity index (χ4v) is 2.24. The molecule has 10 heteroatoms. The summed E-state index contributed by atoms with van der Waals surface area (Å²) < 4.78 is 52.3. The monoisotopic (exact) mass is 525 g/mol. The van der Waals surface area contributed by atoms with Gasteiger partial charge in [-0.2, -0.15) is 0 Å². The van der Waals surface area contributed by atoms with Crippen LogP contribution in [0.3, 0.4) is 0 Å². The van der Waals surface area contributed by atoms with Crippen molar-refractivity contribution >= 4 is 35.6 Å². The molecule has 0 bridgehead atoms. The number of alkyl halides is 3. The molecule has 3 N–H and O–H groups in total. The zero-order chi connectivity index (χ0) is 20.6. The first-order chi connectivity index (χ1) is 13.3. The summed E-state index contributed by atoms with van der Waals surface area (Å²) in [6.45, 7) is 2.59. The van der Waals surface area contributed by atoms with Gasteiger partial charge in [0.15, 0.2) is 23.2 Å². The zero-order valence-corrected chi connectivity index (χ0v) is 18.2. The molecule has 1 atom stereocenters. The first-order valence-corrected chi connectivity index (χ1v) is 8.46. The number of benzene rings is 2. The SMILES string of the molecule is COc1ccccc1OCC(C)CN=C(N)Nc1ccccc1OC(F)(F)F.I. The number of halogens is 4. The second-order valence-electron chi connectivity index (χ2n) is 5.96. The molecular formula is C19H23F3IN3O3. The van der Waals surface area contributed by atoms with Crippen LogP contribution >= 0.6 is 24.0 Å². The van der Waals surface area contributed by atoms with Gasteiger partial charge in [0.1, 0.15) is 0 Å². The van der Waals surface area contributed by atoms with Crippen molar-refractivity contribution in [1.82, 2.24) is 0 Å². The second-order valence-corrected chi connectivity index (χ2v) is 5.96. The van der Waals surface area contributed by atoms with Crippen LogP contribution in [0.5, 0.6) is 17.2 Å². The van der Waals surface area contributed by atoms with Crippen LogP contribution in [0.15, 0.2) is 53.5 Å². The van der Waals surface area contributed by atoms with Gasteiger partial charge < -0.3 is 25.3 Å². The third kappa shape index (κ3) is 8.67. The van der Waals surface area contributed by atoms with Crippen molar-refractivity contribution in [2.75, 3.05) is 25.6 Å². The van der Waals surface area contributed by atoms with Crippen molar-refractivity contribution < 1.29 is 27.4 Å². The third-order valence-corrected chi connectivity index (χ3v) is 3.54. The van der Waals surface area contributed by atoms with Crippen LogP contribution in [0.25, 0.3) is 0 Å². The summed E-state index contributed by atoms with van der Waals surface area (Å²) in [5.74, 6) is 0.834. The fraction of sp³-hybridized carbons (Fsp3) is 0.316. The Balaban J connectivity index is 0.00000420. The standard InChI is InChI=1S/C19H22F3N3O3.HI/c1-13(12-27-17-10-6-5-9-16(17)26-2)11-24-18(23)25-14-7-3-4-8-15(14)28-19(20,21)22;/h3-10,13H,11-12H2,1-2H3,(H3,23,24,25);1H. The molecule has 0 fully saturated rings. The Bertz CT molecular complexity index is 804. The van der Waals surface area contributed by atoms with Gasteiger partial charge in [-0.1, -0.05) is 31.2 Å². The normalized spacial score (nSPS) is 12.5. The molecule has 0 aromatic heterocycles. The summed E-state index contributed by atoms with van der Waals surface area (Å²) >= 11 is 0.